The zero-order valence-electron chi connectivity index (χ0n) is 14.0. The number of anilines is 1. The summed E-state index contributed by atoms with van der Waals surface area (Å²) in [5.41, 5.74) is 1.20. The van der Waals surface area contributed by atoms with Gasteiger partial charge in [-0.2, -0.15) is 5.10 Å². The molecule has 0 aliphatic heterocycles. The van der Waals surface area contributed by atoms with Crippen LogP contribution in [0.15, 0.2) is 76.4 Å². The van der Waals surface area contributed by atoms with E-state index in [1.807, 2.05) is 36.4 Å². The van der Waals surface area contributed by atoms with Crippen LogP contribution >= 0.6 is 15.9 Å². The fourth-order valence-corrected chi connectivity index (χ4v) is 3.06. The maximum Gasteiger partial charge on any atom is 0.261 e. The molecule has 0 atom stereocenters. The van der Waals surface area contributed by atoms with Crippen LogP contribution in [0.25, 0.3) is 16.6 Å². The first-order valence-corrected chi connectivity index (χ1v) is 8.95. The van der Waals surface area contributed by atoms with Crippen LogP contribution in [0.1, 0.15) is 0 Å². The number of halogens is 1. The van der Waals surface area contributed by atoms with E-state index < -0.39 is 0 Å². The molecule has 0 unspecified atom stereocenters. The molecule has 4 rings (SSSR count). The van der Waals surface area contributed by atoms with E-state index in [0.717, 1.165) is 10.2 Å². The molecule has 0 spiro atoms. The van der Waals surface area contributed by atoms with Gasteiger partial charge in [0.2, 0.25) is 5.91 Å². The molecular weight excluding hydrogens is 410 g/mol. The lowest BCUT2D eigenvalue weighted by atomic mass is 10.2. The minimum absolute atomic E-state index is 0.146. The fourth-order valence-electron chi connectivity index (χ4n) is 2.70. The van der Waals surface area contributed by atoms with Gasteiger partial charge in [0, 0.05) is 16.7 Å². The lowest BCUT2D eigenvalue weighted by Gasteiger charge is -2.07. The van der Waals surface area contributed by atoms with Crippen LogP contribution in [-0.2, 0) is 11.3 Å². The Morgan fingerprint density at radius 2 is 1.93 bits per heavy atom. The van der Waals surface area contributed by atoms with E-state index in [9.17, 15) is 9.59 Å². The predicted octanol–water partition coefficient (Wildman–Crippen LogP) is 2.98. The van der Waals surface area contributed by atoms with Crippen molar-refractivity contribution in [2.24, 2.45) is 0 Å². The minimum atomic E-state index is -0.355. The zero-order valence-corrected chi connectivity index (χ0v) is 15.6. The molecule has 1 N–H and O–H groups in total. The van der Waals surface area contributed by atoms with Crippen molar-refractivity contribution in [3.8, 4) is 5.69 Å². The number of hydrogen-bond acceptors (Lipinski definition) is 4. The Balaban J connectivity index is 1.52. The third-order valence-corrected chi connectivity index (χ3v) is 4.47. The quantitative estimate of drug-likeness (QED) is 0.546. The van der Waals surface area contributed by atoms with Crippen LogP contribution in [0.2, 0.25) is 0 Å². The first kappa shape index (κ1) is 17.2. The van der Waals surface area contributed by atoms with Crippen LogP contribution in [0.4, 0.5) is 5.82 Å². The topological polar surface area (TPSA) is 81.8 Å². The summed E-state index contributed by atoms with van der Waals surface area (Å²) >= 11 is 3.34. The van der Waals surface area contributed by atoms with E-state index in [0.29, 0.717) is 16.7 Å². The minimum Gasteiger partial charge on any atom is -0.308 e. The van der Waals surface area contributed by atoms with Gasteiger partial charge in [-0.25, -0.2) is 9.67 Å². The molecule has 0 saturated carbocycles. The molecule has 27 heavy (non-hydrogen) atoms. The van der Waals surface area contributed by atoms with E-state index in [4.69, 9.17) is 0 Å². The van der Waals surface area contributed by atoms with Gasteiger partial charge in [-0.1, -0.05) is 34.1 Å². The Labute approximate surface area is 162 Å². The van der Waals surface area contributed by atoms with Crippen LogP contribution in [-0.4, -0.2) is 25.2 Å². The van der Waals surface area contributed by atoms with E-state index >= 15 is 0 Å². The smallest absolute Gasteiger partial charge is 0.261 e. The van der Waals surface area contributed by atoms with Crippen molar-refractivity contribution >= 4 is 38.6 Å². The highest BCUT2D eigenvalue weighted by atomic mass is 79.9. The second kappa shape index (κ2) is 7.16. The number of hydrogen-bond donors (Lipinski definition) is 1. The molecule has 0 bridgehead atoms. The van der Waals surface area contributed by atoms with Gasteiger partial charge in [0.15, 0.2) is 5.82 Å². The summed E-state index contributed by atoms with van der Waals surface area (Å²) in [6.45, 7) is -0.146. The van der Waals surface area contributed by atoms with Crippen molar-refractivity contribution in [3.05, 3.63) is 81.9 Å². The molecule has 2 aromatic carbocycles. The molecule has 0 radical (unpaired) electrons. The van der Waals surface area contributed by atoms with Crippen LogP contribution in [0, 0.1) is 0 Å². The Morgan fingerprint density at radius 3 is 2.74 bits per heavy atom. The lowest BCUT2D eigenvalue weighted by molar-refractivity contribution is -0.116. The molecular formula is C19H14BrN5O2. The first-order chi connectivity index (χ1) is 13.1. The number of benzene rings is 2. The van der Waals surface area contributed by atoms with Crippen molar-refractivity contribution in [2.45, 2.75) is 6.54 Å². The predicted molar refractivity (Wildman–Crippen MR) is 106 cm³/mol. The molecule has 0 fully saturated rings. The summed E-state index contributed by atoms with van der Waals surface area (Å²) in [4.78, 5) is 29.1. The SMILES string of the molecule is O=C(Cn1cnc2ccc(Br)cc2c1=O)Nc1ccn(-c2ccccc2)n1. The number of nitrogens with zero attached hydrogens (tertiary/aromatic N) is 4. The molecule has 4 aromatic rings. The van der Waals surface area contributed by atoms with Crippen molar-refractivity contribution in [3.63, 3.8) is 0 Å². The van der Waals surface area contributed by atoms with Gasteiger partial charge >= 0.3 is 0 Å². The van der Waals surface area contributed by atoms with E-state index in [2.05, 4.69) is 31.3 Å². The Kier molecular flexibility index (Phi) is 4.55. The Morgan fingerprint density at radius 1 is 1.11 bits per heavy atom. The fraction of sp³-hybridized carbons (Fsp3) is 0.0526. The number of rotatable bonds is 4. The highest BCUT2D eigenvalue weighted by Crippen LogP contribution is 2.15. The number of aromatic nitrogens is 4. The number of fused-ring (bicyclic) bond motifs is 1. The summed E-state index contributed by atoms with van der Waals surface area (Å²) < 4.78 is 3.72. The monoisotopic (exact) mass is 423 g/mol. The van der Waals surface area contributed by atoms with Crippen molar-refractivity contribution in [1.29, 1.82) is 0 Å². The van der Waals surface area contributed by atoms with Crippen LogP contribution in [0.3, 0.4) is 0 Å². The maximum atomic E-state index is 12.6. The third-order valence-electron chi connectivity index (χ3n) is 3.98. The highest BCUT2D eigenvalue weighted by molar-refractivity contribution is 9.10. The summed E-state index contributed by atoms with van der Waals surface area (Å²) in [5, 5.41) is 7.47. The van der Waals surface area contributed by atoms with Gasteiger partial charge in [-0.15, -0.1) is 0 Å². The molecule has 7 nitrogen and oxygen atoms in total. The standard InChI is InChI=1S/C19H14BrN5O2/c20-13-6-7-16-15(10-13)19(27)24(12-21-16)11-18(26)22-17-8-9-25(23-17)14-4-2-1-3-5-14/h1-10,12H,11H2,(H,22,23,26). The van der Waals surface area contributed by atoms with Crippen molar-refractivity contribution in [2.75, 3.05) is 5.32 Å². The van der Waals surface area contributed by atoms with Gasteiger partial charge in [0.25, 0.3) is 5.56 Å². The Hall–Kier alpha value is -3.26. The second-order valence-electron chi connectivity index (χ2n) is 5.87. The second-order valence-corrected chi connectivity index (χ2v) is 6.78. The zero-order chi connectivity index (χ0) is 18.8. The molecule has 8 heteroatoms. The van der Waals surface area contributed by atoms with Gasteiger partial charge < -0.3 is 5.32 Å². The number of nitrogens with one attached hydrogen (secondary N) is 1. The Bertz CT molecular complexity index is 1180. The summed E-state index contributed by atoms with van der Waals surface area (Å²) in [6, 6.07) is 16.5. The highest BCUT2D eigenvalue weighted by Gasteiger charge is 2.10. The molecule has 0 aliphatic rings. The van der Waals surface area contributed by atoms with E-state index in [1.165, 1.54) is 10.9 Å². The summed E-state index contributed by atoms with van der Waals surface area (Å²) in [5.74, 6) is 0.0555. The van der Waals surface area contributed by atoms with Gasteiger partial charge in [-0.05, 0) is 30.3 Å². The average Bonchev–Trinajstić information content (AvgIpc) is 3.13. The number of amides is 1. The average molecular weight is 424 g/mol. The van der Waals surface area contributed by atoms with E-state index in [1.54, 1.807) is 29.1 Å². The summed E-state index contributed by atoms with van der Waals surface area (Å²) in [7, 11) is 0. The normalized spacial score (nSPS) is 10.9. The van der Waals surface area contributed by atoms with Crippen LogP contribution in [0.5, 0.6) is 0 Å². The van der Waals surface area contributed by atoms with Gasteiger partial charge in [0.05, 0.1) is 22.9 Å². The molecule has 0 aliphatic carbocycles. The first-order valence-electron chi connectivity index (χ1n) is 8.16. The molecule has 2 aromatic heterocycles. The summed E-state index contributed by atoms with van der Waals surface area (Å²) in [6.07, 6.45) is 3.13. The number of carbonyl (C=O) groups is 1. The van der Waals surface area contributed by atoms with Crippen molar-refractivity contribution < 1.29 is 4.79 Å². The van der Waals surface area contributed by atoms with Gasteiger partial charge in [-0.3, -0.25) is 14.2 Å². The molecule has 1 amide bonds. The number of para-hydroxylation sites is 1. The largest absolute Gasteiger partial charge is 0.308 e. The third kappa shape index (κ3) is 3.65. The van der Waals surface area contributed by atoms with Crippen molar-refractivity contribution in [1.82, 2.24) is 19.3 Å². The van der Waals surface area contributed by atoms with E-state index in [-0.39, 0.29) is 18.0 Å². The number of carbonyl (C=O) groups excluding carboxylic acids is 1. The molecule has 0 saturated heterocycles. The molecule has 134 valence electrons. The lowest BCUT2D eigenvalue weighted by Crippen LogP contribution is -2.28. The van der Waals surface area contributed by atoms with Crippen LogP contribution < -0.4 is 10.9 Å². The molecule has 2 heterocycles. The maximum absolute atomic E-state index is 12.6. The van der Waals surface area contributed by atoms with Gasteiger partial charge in [0.1, 0.15) is 6.54 Å².